The fraction of sp³-hybridized carbons (Fsp3) is 0.333. The molecule has 1 unspecified atom stereocenters. The zero-order valence-electron chi connectivity index (χ0n) is 13.9. The predicted octanol–water partition coefficient (Wildman–Crippen LogP) is 3.61. The van der Waals surface area contributed by atoms with Crippen molar-refractivity contribution in [2.75, 3.05) is 16.1 Å². The Morgan fingerprint density at radius 1 is 1.20 bits per heavy atom. The zero-order valence-corrected chi connectivity index (χ0v) is 15.5. The third kappa shape index (κ3) is 2.15. The number of carbonyl (C=O) groups is 1. The Hall–Kier alpha value is -1.99. The maximum Gasteiger partial charge on any atom is 0.264 e. The van der Waals surface area contributed by atoms with Gasteiger partial charge in [-0.25, -0.2) is 0 Å². The van der Waals surface area contributed by atoms with Gasteiger partial charge in [0.1, 0.15) is 5.00 Å². The molecular weight excluding hydrogens is 352 g/mol. The largest absolute Gasteiger partial charge is 0.269 e. The molecule has 0 spiro atoms. The molecule has 0 saturated heterocycles. The molecule has 5 nitrogen and oxygen atoms in total. The van der Waals surface area contributed by atoms with E-state index in [-0.39, 0.29) is 12.2 Å². The highest BCUT2D eigenvalue weighted by Gasteiger charge is 2.46. The van der Waals surface area contributed by atoms with E-state index in [2.05, 4.69) is 15.4 Å². The van der Waals surface area contributed by atoms with Crippen LogP contribution in [-0.2, 0) is 12.8 Å². The molecule has 3 aliphatic rings. The highest BCUT2D eigenvalue weighted by Crippen LogP contribution is 2.46. The van der Waals surface area contributed by atoms with E-state index in [9.17, 15) is 4.79 Å². The lowest BCUT2D eigenvalue weighted by Gasteiger charge is -2.39. The summed E-state index contributed by atoms with van der Waals surface area (Å²) in [7, 11) is 0. The number of aryl methyl sites for hydroxylation is 1. The van der Waals surface area contributed by atoms with Gasteiger partial charge in [-0.05, 0) is 49.6 Å². The van der Waals surface area contributed by atoms with Crippen molar-refractivity contribution in [3.05, 3.63) is 46.3 Å². The molecule has 128 valence electrons. The number of amidine groups is 1. The van der Waals surface area contributed by atoms with Crippen LogP contribution in [0.25, 0.3) is 0 Å². The van der Waals surface area contributed by atoms with E-state index >= 15 is 0 Å². The molecule has 0 fully saturated rings. The van der Waals surface area contributed by atoms with Gasteiger partial charge in [0.2, 0.25) is 6.29 Å². The molecule has 1 atom stereocenters. The van der Waals surface area contributed by atoms with Crippen LogP contribution in [0.3, 0.4) is 0 Å². The van der Waals surface area contributed by atoms with Gasteiger partial charge in [0, 0.05) is 10.6 Å². The van der Waals surface area contributed by atoms with Gasteiger partial charge in [0.15, 0.2) is 5.17 Å². The Labute approximate surface area is 154 Å². The highest BCUT2D eigenvalue weighted by molar-refractivity contribution is 8.13. The Morgan fingerprint density at radius 2 is 2.00 bits per heavy atom. The molecule has 1 amide bonds. The third-order valence-electron chi connectivity index (χ3n) is 4.99. The van der Waals surface area contributed by atoms with Crippen LogP contribution in [0.5, 0.6) is 0 Å². The lowest BCUT2D eigenvalue weighted by Crippen LogP contribution is -2.58. The van der Waals surface area contributed by atoms with Crippen molar-refractivity contribution in [2.45, 2.75) is 32.0 Å². The van der Waals surface area contributed by atoms with Crippen molar-refractivity contribution in [3.8, 4) is 0 Å². The lowest BCUT2D eigenvalue weighted by molar-refractivity contribution is 0.0968. The molecule has 2 aromatic rings. The second-order valence-corrected chi connectivity index (χ2v) is 8.23. The summed E-state index contributed by atoms with van der Waals surface area (Å²) in [4.78, 5) is 18.9. The van der Waals surface area contributed by atoms with E-state index in [4.69, 9.17) is 0 Å². The van der Waals surface area contributed by atoms with Gasteiger partial charge in [-0.1, -0.05) is 30.0 Å². The summed E-state index contributed by atoms with van der Waals surface area (Å²) in [5.41, 5.74) is 6.22. The van der Waals surface area contributed by atoms with Crippen LogP contribution in [0.15, 0.2) is 35.4 Å². The Morgan fingerprint density at radius 3 is 2.80 bits per heavy atom. The summed E-state index contributed by atoms with van der Waals surface area (Å²) in [6, 6.07) is 9.88. The lowest BCUT2D eigenvalue weighted by atomic mass is 9.94. The number of rotatable bonds is 1. The van der Waals surface area contributed by atoms with Crippen molar-refractivity contribution in [2.24, 2.45) is 5.10 Å². The molecule has 3 heterocycles. The maximum absolute atomic E-state index is 13.5. The number of anilines is 2. The van der Waals surface area contributed by atoms with Crippen LogP contribution in [0.4, 0.5) is 10.7 Å². The molecule has 1 N–H and O–H groups in total. The molecule has 5 rings (SSSR count). The van der Waals surface area contributed by atoms with Crippen molar-refractivity contribution >= 4 is 44.9 Å². The van der Waals surface area contributed by atoms with Crippen LogP contribution >= 0.6 is 23.1 Å². The monoisotopic (exact) mass is 370 g/mol. The molecular formula is C18H18N4OS2. The molecule has 7 heteroatoms. The Balaban J connectivity index is 1.71. The number of para-hydroxylation sites is 1. The van der Waals surface area contributed by atoms with Gasteiger partial charge >= 0.3 is 0 Å². The zero-order chi connectivity index (χ0) is 17.0. The molecule has 1 aromatic heterocycles. The molecule has 2 aliphatic heterocycles. The van der Waals surface area contributed by atoms with Crippen molar-refractivity contribution in [1.29, 1.82) is 0 Å². The van der Waals surface area contributed by atoms with Crippen LogP contribution < -0.4 is 15.2 Å². The first-order valence-electron chi connectivity index (χ1n) is 8.49. The van der Waals surface area contributed by atoms with E-state index in [0.717, 1.165) is 34.3 Å². The van der Waals surface area contributed by atoms with E-state index < -0.39 is 0 Å². The molecule has 1 aliphatic carbocycles. The van der Waals surface area contributed by atoms with E-state index in [0.29, 0.717) is 0 Å². The third-order valence-corrected chi connectivity index (χ3v) is 6.94. The fourth-order valence-corrected chi connectivity index (χ4v) is 5.86. The molecule has 1 aromatic carbocycles. The topological polar surface area (TPSA) is 47.9 Å². The summed E-state index contributed by atoms with van der Waals surface area (Å²) < 4.78 is 0. The van der Waals surface area contributed by atoms with Crippen molar-refractivity contribution in [3.63, 3.8) is 0 Å². The minimum atomic E-state index is -0.287. The van der Waals surface area contributed by atoms with Gasteiger partial charge in [0.25, 0.3) is 5.91 Å². The van der Waals surface area contributed by atoms with E-state index in [1.54, 1.807) is 23.1 Å². The molecule has 0 radical (unpaired) electrons. The molecule has 0 bridgehead atoms. The highest BCUT2D eigenvalue weighted by atomic mass is 32.2. The summed E-state index contributed by atoms with van der Waals surface area (Å²) in [5, 5.41) is 6.46. The first kappa shape index (κ1) is 15.3. The van der Waals surface area contributed by atoms with Crippen LogP contribution in [0, 0.1) is 0 Å². The number of hydrazone groups is 1. The number of thioether (sulfide) groups is 1. The number of amides is 1. The second kappa shape index (κ2) is 5.78. The normalized spacial score (nSPS) is 21.4. The maximum atomic E-state index is 13.5. The van der Waals surface area contributed by atoms with Gasteiger partial charge in [-0.3, -0.25) is 20.0 Å². The van der Waals surface area contributed by atoms with Crippen LogP contribution in [0.2, 0.25) is 0 Å². The fourth-order valence-electron chi connectivity index (χ4n) is 3.86. The van der Waals surface area contributed by atoms with E-state index in [1.165, 1.54) is 23.3 Å². The van der Waals surface area contributed by atoms with Crippen LogP contribution in [-0.4, -0.2) is 23.6 Å². The standard InChI is InChI=1S/C18H18N4OS2/c1-24-18-20-19-17-21(11-7-3-2-4-8-11)15(23)14-12-9-5-6-10-13(12)25-16(14)22(17)18/h2-4,7-8,17,19H,5-6,9-10H2,1H3. The van der Waals surface area contributed by atoms with Crippen molar-refractivity contribution in [1.82, 2.24) is 5.43 Å². The number of benzene rings is 1. The Kier molecular flexibility index (Phi) is 3.53. The molecule has 0 saturated carbocycles. The smallest absolute Gasteiger partial charge is 0.264 e. The average molecular weight is 371 g/mol. The van der Waals surface area contributed by atoms with Gasteiger partial charge < -0.3 is 0 Å². The Bertz CT molecular complexity index is 877. The SMILES string of the molecule is CSC1=NNC2N(c3ccccc3)C(=O)c3c(sc4c3CCCC4)N12. The van der Waals surface area contributed by atoms with E-state index in [1.807, 2.05) is 41.5 Å². The van der Waals surface area contributed by atoms with Gasteiger partial charge in [0.05, 0.1) is 5.56 Å². The summed E-state index contributed by atoms with van der Waals surface area (Å²) in [6.45, 7) is 0. The van der Waals surface area contributed by atoms with Gasteiger partial charge in [-0.2, -0.15) is 5.10 Å². The minimum absolute atomic E-state index is 0.0897. The number of nitrogens with one attached hydrogen (secondary N) is 1. The first-order chi connectivity index (χ1) is 12.3. The van der Waals surface area contributed by atoms with Gasteiger partial charge in [-0.15, -0.1) is 11.3 Å². The summed E-state index contributed by atoms with van der Waals surface area (Å²) >= 11 is 3.39. The van der Waals surface area contributed by atoms with Crippen LogP contribution in [0.1, 0.15) is 33.6 Å². The quantitative estimate of drug-likeness (QED) is 0.833. The number of fused-ring (bicyclic) bond motifs is 5. The molecule has 25 heavy (non-hydrogen) atoms. The average Bonchev–Trinajstić information content (AvgIpc) is 3.24. The predicted molar refractivity (Wildman–Crippen MR) is 105 cm³/mol. The number of hydrogen-bond donors (Lipinski definition) is 1. The number of thiophene rings is 1. The minimum Gasteiger partial charge on any atom is -0.269 e. The first-order valence-corrected chi connectivity index (χ1v) is 10.5. The summed E-state index contributed by atoms with van der Waals surface area (Å²) in [6.07, 6.45) is 6.22. The number of carbonyl (C=O) groups excluding carboxylic acids is 1. The number of hydrogen-bond acceptors (Lipinski definition) is 6. The van der Waals surface area contributed by atoms with Crippen molar-refractivity contribution < 1.29 is 4.79 Å². The number of nitrogens with zero attached hydrogens (tertiary/aromatic N) is 3. The second-order valence-electron chi connectivity index (χ2n) is 6.37. The summed E-state index contributed by atoms with van der Waals surface area (Å²) in [5.74, 6) is 0.0897.